The van der Waals surface area contributed by atoms with E-state index in [0.717, 1.165) is 78.1 Å². The predicted octanol–water partition coefficient (Wildman–Crippen LogP) is 2.19. The largest absolute Gasteiger partial charge is 0.380 e. The van der Waals surface area contributed by atoms with Crippen LogP contribution in [0.3, 0.4) is 0 Å². The molecular formula is C18H39IN4O2. The molecule has 0 aromatic carbocycles. The van der Waals surface area contributed by atoms with Crippen LogP contribution in [0.4, 0.5) is 0 Å². The Kier molecular flexibility index (Phi) is 16.0. The highest BCUT2D eigenvalue weighted by molar-refractivity contribution is 14.0. The van der Waals surface area contributed by atoms with Crippen molar-refractivity contribution in [3.05, 3.63) is 0 Å². The third-order valence-corrected chi connectivity index (χ3v) is 3.96. The molecule has 150 valence electrons. The van der Waals surface area contributed by atoms with Gasteiger partial charge in [0.25, 0.3) is 0 Å². The van der Waals surface area contributed by atoms with E-state index in [1.165, 1.54) is 0 Å². The van der Waals surface area contributed by atoms with Crippen LogP contribution in [-0.2, 0) is 9.47 Å². The van der Waals surface area contributed by atoms with E-state index < -0.39 is 0 Å². The van der Waals surface area contributed by atoms with Crippen LogP contribution in [-0.4, -0.2) is 76.6 Å². The van der Waals surface area contributed by atoms with E-state index in [1.807, 2.05) is 0 Å². The third kappa shape index (κ3) is 13.7. The molecule has 1 fully saturated rings. The fraction of sp³-hybridized carbons (Fsp3) is 0.944. The summed E-state index contributed by atoms with van der Waals surface area (Å²) in [5.74, 6) is 2.13. The molecule has 1 aliphatic heterocycles. The van der Waals surface area contributed by atoms with E-state index in [-0.39, 0.29) is 24.0 Å². The van der Waals surface area contributed by atoms with E-state index in [0.29, 0.717) is 11.8 Å². The molecule has 0 aromatic rings. The highest BCUT2D eigenvalue weighted by atomic mass is 127. The normalized spacial score (nSPS) is 17.2. The summed E-state index contributed by atoms with van der Waals surface area (Å²) in [6.07, 6.45) is 1.12. The molecule has 7 heteroatoms. The van der Waals surface area contributed by atoms with Crippen LogP contribution in [0.15, 0.2) is 4.99 Å². The molecule has 25 heavy (non-hydrogen) atoms. The Hall–Kier alpha value is -0.120. The van der Waals surface area contributed by atoms with E-state index in [4.69, 9.17) is 14.5 Å². The van der Waals surface area contributed by atoms with Crippen LogP contribution in [0.1, 0.15) is 34.1 Å². The summed E-state index contributed by atoms with van der Waals surface area (Å²) in [6.45, 7) is 17.7. The number of rotatable bonds is 11. The first-order chi connectivity index (χ1) is 11.6. The number of nitrogens with one attached hydrogen (secondary N) is 2. The molecule has 2 N–H and O–H groups in total. The topological polar surface area (TPSA) is 58.1 Å². The van der Waals surface area contributed by atoms with Crippen molar-refractivity contribution in [2.24, 2.45) is 16.8 Å². The maximum atomic E-state index is 5.64. The van der Waals surface area contributed by atoms with Gasteiger partial charge in [-0.1, -0.05) is 20.8 Å². The lowest BCUT2D eigenvalue weighted by Gasteiger charge is -2.28. The Morgan fingerprint density at radius 3 is 2.52 bits per heavy atom. The number of nitrogens with zero attached hydrogens (tertiary/aromatic N) is 2. The summed E-state index contributed by atoms with van der Waals surface area (Å²) in [7, 11) is 0. The van der Waals surface area contributed by atoms with Gasteiger partial charge in [0.05, 0.1) is 19.8 Å². The van der Waals surface area contributed by atoms with Crippen molar-refractivity contribution in [2.75, 3.05) is 65.7 Å². The van der Waals surface area contributed by atoms with Gasteiger partial charge in [-0.3, -0.25) is 9.89 Å². The average Bonchev–Trinajstić information content (AvgIpc) is 2.56. The maximum absolute atomic E-state index is 5.64. The fourth-order valence-corrected chi connectivity index (χ4v) is 2.53. The standard InChI is InChI=1S/C18H38N4O2.HI/c1-5-19-18(20-7-11-23-10-6-16(2)3)21-14-17(4)15-22-8-12-24-13-9-22;/h16-17H,5-15H2,1-4H3,(H2,19,20,21);1H. The molecule has 0 saturated carbocycles. The zero-order chi connectivity index (χ0) is 17.6. The minimum atomic E-state index is 0. The molecule has 0 aliphatic carbocycles. The summed E-state index contributed by atoms with van der Waals surface area (Å²) in [5, 5.41) is 6.65. The smallest absolute Gasteiger partial charge is 0.191 e. The number of guanidine groups is 1. The van der Waals surface area contributed by atoms with Gasteiger partial charge in [-0.05, 0) is 25.2 Å². The van der Waals surface area contributed by atoms with Crippen LogP contribution < -0.4 is 10.6 Å². The summed E-state index contributed by atoms with van der Waals surface area (Å²) in [5.41, 5.74) is 0. The summed E-state index contributed by atoms with van der Waals surface area (Å²) in [4.78, 5) is 7.17. The quantitative estimate of drug-likeness (QED) is 0.210. The average molecular weight is 470 g/mol. The van der Waals surface area contributed by atoms with Crippen molar-refractivity contribution in [3.63, 3.8) is 0 Å². The van der Waals surface area contributed by atoms with Gasteiger partial charge in [-0.25, -0.2) is 0 Å². The molecule has 0 bridgehead atoms. The van der Waals surface area contributed by atoms with Gasteiger partial charge in [0.2, 0.25) is 0 Å². The zero-order valence-electron chi connectivity index (χ0n) is 16.6. The van der Waals surface area contributed by atoms with Crippen LogP contribution in [0.25, 0.3) is 0 Å². The molecule has 0 amide bonds. The first kappa shape index (κ1) is 24.9. The van der Waals surface area contributed by atoms with Crippen molar-refractivity contribution in [1.29, 1.82) is 0 Å². The summed E-state index contributed by atoms with van der Waals surface area (Å²) >= 11 is 0. The Morgan fingerprint density at radius 1 is 1.16 bits per heavy atom. The van der Waals surface area contributed by atoms with Crippen molar-refractivity contribution in [1.82, 2.24) is 15.5 Å². The predicted molar refractivity (Wildman–Crippen MR) is 116 cm³/mol. The first-order valence-electron chi connectivity index (χ1n) is 9.51. The van der Waals surface area contributed by atoms with Crippen LogP contribution in [0.5, 0.6) is 0 Å². The Morgan fingerprint density at radius 2 is 1.88 bits per heavy atom. The van der Waals surface area contributed by atoms with E-state index in [2.05, 4.69) is 43.2 Å². The van der Waals surface area contributed by atoms with Gasteiger partial charge in [0.15, 0.2) is 5.96 Å². The van der Waals surface area contributed by atoms with Crippen LogP contribution in [0, 0.1) is 11.8 Å². The minimum Gasteiger partial charge on any atom is -0.380 e. The molecule has 1 rings (SSSR count). The highest BCUT2D eigenvalue weighted by Crippen LogP contribution is 2.04. The zero-order valence-corrected chi connectivity index (χ0v) is 18.9. The SMILES string of the molecule is CCNC(=NCC(C)CN1CCOCC1)NCCOCCC(C)C.I. The molecular weight excluding hydrogens is 431 g/mol. The summed E-state index contributed by atoms with van der Waals surface area (Å²) < 4.78 is 11.0. The molecule has 6 nitrogen and oxygen atoms in total. The molecule has 1 atom stereocenters. The van der Waals surface area contributed by atoms with Gasteiger partial charge < -0.3 is 20.1 Å². The van der Waals surface area contributed by atoms with Gasteiger partial charge in [0, 0.05) is 45.9 Å². The number of morpholine rings is 1. The Labute approximate surface area is 171 Å². The Bertz CT molecular complexity index is 337. The molecule has 1 aliphatic rings. The fourth-order valence-electron chi connectivity index (χ4n) is 2.53. The number of aliphatic imine (C=N–C) groups is 1. The molecule has 0 spiro atoms. The van der Waals surface area contributed by atoms with Gasteiger partial charge >= 0.3 is 0 Å². The lowest BCUT2D eigenvalue weighted by molar-refractivity contribution is 0.0323. The lowest BCUT2D eigenvalue weighted by atomic mass is 10.1. The van der Waals surface area contributed by atoms with Gasteiger partial charge in [-0.2, -0.15) is 0 Å². The van der Waals surface area contributed by atoms with Crippen molar-refractivity contribution in [3.8, 4) is 0 Å². The second kappa shape index (κ2) is 16.1. The number of hydrogen-bond donors (Lipinski definition) is 2. The molecule has 0 radical (unpaired) electrons. The number of halogens is 1. The molecule has 0 aromatic heterocycles. The summed E-state index contributed by atoms with van der Waals surface area (Å²) in [6, 6.07) is 0. The first-order valence-corrected chi connectivity index (χ1v) is 9.51. The lowest BCUT2D eigenvalue weighted by Crippen LogP contribution is -2.41. The van der Waals surface area contributed by atoms with Gasteiger partial charge in [0.1, 0.15) is 0 Å². The van der Waals surface area contributed by atoms with Crippen LogP contribution in [0.2, 0.25) is 0 Å². The third-order valence-electron chi connectivity index (χ3n) is 3.96. The van der Waals surface area contributed by atoms with Crippen molar-refractivity contribution in [2.45, 2.75) is 34.1 Å². The highest BCUT2D eigenvalue weighted by Gasteiger charge is 2.13. The van der Waals surface area contributed by atoms with Gasteiger partial charge in [-0.15, -0.1) is 24.0 Å². The van der Waals surface area contributed by atoms with E-state index in [1.54, 1.807) is 0 Å². The monoisotopic (exact) mass is 470 g/mol. The van der Waals surface area contributed by atoms with Crippen molar-refractivity contribution >= 4 is 29.9 Å². The van der Waals surface area contributed by atoms with E-state index in [9.17, 15) is 0 Å². The Balaban J connectivity index is 0.00000576. The molecule has 1 saturated heterocycles. The second-order valence-corrected chi connectivity index (χ2v) is 6.96. The maximum Gasteiger partial charge on any atom is 0.191 e. The molecule has 1 heterocycles. The van der Waals surface area contributed by atoms with Crippen LogP contribution >= 0.6 is 24.0 Å². The number of ether oxygens (including phenoxy) is 2. The second-order valence-electron chi connectivity index (χ2n) is 6.96. The molecule has 1 unspecified atom stereocenters. The number of hydrogen-bond acceptors (Lipinski definition) is 4. The minimum absolute atomic E-state index is 0. The van der Waals surface area contributed by atoms with E-state index >= 15 is 0 Å². The van der Waals surface area contributed by atoms with Crippen molar-refractivity contribution < 1.29 is 9.47 Å².